The van der Waals surface area contributed by atoms with Crippen LogP contribution in [0.1, 0.15) is 39.5 Å². The number of rotatable bonds is 8. The molecular weight excluding hydrogens is 196 g/mol. The highest BCUT2D eigenvalue weighted by atomic mass is 28.4. The molecule has 0 radical (unpaired) electrons. The van der Waals surface area contributed by atoms with Crippen LogP contribution in [0.2, 0.25) is 5.54 Å². The zero-order valence-electron chi connectivity index (χ0n) is 10.1. The zero-order chi connectivity index (χ0) is 11.0. The van der Waals surface area contributed by atoms with Gasteiger partial charge in [-0.2, -0.15) is 0 Å². The molecule has 0 aliphatic carbocycles. The molecule has 0 saturated carbocycles. The lowest BCUT2D eigenvalue weighted by Gasteiger charge is -2.31. The van der Waals surface area contributed by atoms with E-state index in [1.54, 1.807) is 21.3 Å². The third-order valence-electron chi connectivity index (χ3n) is 2.75. The average molecular weight is 220 g/mol. The van der Waals surface area contributed by atoms with Crippen molar-refractivity contribution in [3.63, 3.8) is 0 Å². The summed E-state index contributed by atoms with van der Waals surface area (Å²) in [5.74, 6) is 0. The fraction of sp³-hybridized carbons (Fsp3) is 1.00. The van der Waals surface area contributed by atoms with Crippen molar-refractivity contribution in [1.82, 2.24) is 0 Å². The van der Waals surface area contributed by atoms with Gasteiger partial charge in [0.2, 0.25) is 0 Å². The predicted octanol–water partition coefficient (Wildman–Crippen LogP) is 2.83. The largest absolute Gasteiger partial charge is 0.503 e. The van der Waals surface area contributed by atoms with Crippen LogP contribution in [-0.2, 0) is 13.3 Å². The molecule has 1 atom stereocenters. The summed E-state index contributed by atoms with van der Waals surface area (Å²) >= 11 is 0. The Morgan fingerprint density at radius 3 is 1.79 bits per heavy atom. The van der Waals surface area contributed by atoms with E-state index in [-0.39, 0.29) is 0 Å². The van der Waals surface area contributed by atoms with Crippen molar-refractivity contribution in [2.75, 3.05) is 21.3 Å². The first-order valence-corrected chi connectivity index (χ1v) is 7.16. The Hall–Kier alpha value is 0.0969. The highest BCUT2D eigenvalue weighted by Crippen LogP contribution is 2.32. The molecule has 0 saturated heterocycles. The molecule has 0 fully saturated rings. The molecule has 0 aliphatic heterocycles. The summed E-state index contributed by atoms with van der Waals surface area (Å²) in [5, 5.41) is 0. The van der Waals surface area contributed by atoms with Gasteiger partial charge in [-0.15, -0.1) is 0 Å². The van der Waals surface area contributed by atoms with Crippen molar-refractivity contribution in [3.05, 3.63) is 0 Å². The van der Waals surface area contributed by atoms with E-state index < -0.39 is 8.80 Å². The van der Waals surface area contributed by atoms with Gasteiger partial charge in [0.15, 0.2) is 0 Å². The Bertz CT molecular complexity index is 129. The first-order valence-electron chi connectivity index (χ1n) is 5.36. The molecule has 14 heavy (non-hydrogen) atoms. The maximum atomic E-state index is 5.48. The molecule has 0 amide bonds. The summed E-state index contributed by atoms with van der Waals surface area (Å²) < 4.78 is 16.4. The van der Waals surface area contributed by atoms with Gasteiger partial charge < -0.3 is 13.3 Å². The Balaban J connectivity index is 4.40. The van der Waals surface area contributed by atoms with E-state index in [0.29, 0.717) is 5.54 Å². The van der Waals surface area contributed by atoms with Crippen LogP contribution in [-0.4, -0.2) is 30.1 Å². The fourth-order valence-corrected chi connectivity index (χ4v) is 4.39. The van der Waals surface area contributed by atoms with Gasteiger partial charge in [-0.1, -0.05) is 26.7 Å². The molecule has 1 unspecified atom stereocenters. The highest BCUT2D eigenvalue weighted by Gasteiger charge is 2.45. The molecule has 0 aromatic carbocycles. The Kier molecular flexibility index (Phi) is 7.45. The molecule has 0 aliphatic rings. The van der Waals surface area contributed by atoms with Crippen LogP contribution in [0.3, 0.4) is 0 Å². The SMILES string of the molecule is CCCCC(CC)[Si](OC)(OC)OC. The lowest BCUT2D eigenvalue weighted by molar-refractivity contribution is 0.108. The number of hydrogen-bond donors (Lipinski definition) is 0. The topological polar surface area (TPSA) is 27.7 Å². The van der Waals surface area contributed by atoms with Gasteiger partial charge in [0.05, 0.1) is 0 Å². The summed E-state index contributed by atoms with van der Waals surface area (Å²) in [6.07, 6.45) is 4.61. The molecule has 0 aromatic heterocycles. The number of unbranched alkanes of at least 4 members (excludes halogenated alkanes) is 1. The molecule has 4 heteroatoms. The minimum absolute atomic E-state index is 0.433. The lowest BCUT2D eigenvalue weighted by atomic mass is 10.2. The van der Waals surface area contributed by atoms with Gasteiger partial charge in [0, 0.05) is 26.9 Å². The van der Waals surface area contributed by atoms with Crippen molar-refractivity contribution in [2.24, 2.45) is 0 Å². The molecule has 3 nitrogen and oxygen atoms in total. The van der Waals surface area contributed by atoms with E-state index in [2.05, 4.69) is 13.8 Å². The van der Waals surface area contributed by atoms with E-state index in [9.17, 15) is 0 Å². The van der Waals surface area contributed by atoms with Crippen LogP contribution >= 0.6 is 0 Å². The Morgan fingerprint density at radius 1 is 1.00 bits per heavy atom. The summed E-state index contributed by atoms with van der Waals surface area (Å²) in [5.41, 5.74) is 0.433. The zero-order valence-corrected chi connectivity index (χ0v) is 11.1. The van der Waals surface area contributed by atoms with E-state index in [1.807, 2.05) is 0 Å². The van der Waals surface area contributed by atoms with E-state index >= 15 is 0 Å². The highest BCUT2D eigenvalue weighted by molar-refractivity contribution is 6.62. The monoisotopic (exact) mass is 220 g/mol. The van der Waals surface area contributed by atoms with Crippen molar-refractivity contribution >= 4 is 8.80 Å². The lowest BCUT2D eigenvalue weighted by Crippen LogP contribution is -2.47. The molecule has 0 bridgehead atoms. The summed E-state index contributed by atoms with van der Waals surface area (Å²) in [6, 6.07) is 0. The van der Waals surface area contributed by atoms with Crippen molar-refractivity contribution < 1.29 is 13.3 Å². The Labute approximate surface area is 89.1 Å². The van der Waals surface area contributed by atoms with Crippen molar-refractivity contribution in [3.8, 4) is 0 Å². The van der Waals surface area contributed by atoms with Gasteiger partial charge in [-0.3, -0.25) is 0 Å². The summed E-state index contributed by atoms with van der Waals surface area (Å²) in [6.45, 7) is 4.36. The molecular formula is C10H24O3Si. The molecule has 0 N–H and O–H groups in total. The summed E-state index contributed by atoms with van der Waals surface area (Å²) in [7, 11) is 2.68. The second-order valence-electron chi connectivity index (χ2n) is 3.46. The fourth-order valence-electron chi connectivity index (χ4n) is 1.83. The quantitative estimate of drug-likeness (QED) is 0.589. The van der Waals surface area contributed by atoms with Crippen LogP contribution in [0.5, 0.6) is 0 Å². The molecule has 86 valence electrons. The summed E-state index contributed by atoms with van der Waals surface area (Å²) in [4.78, 5) is 0. The Morgan fingerprint density at radius 2 is 1.50 bits per heavy atom. The van der Waals surface area contributed by atoms with Gasteiger partial charge in [-0.05, 0) is 12.8 Å². The molecule has 0 spiro atoms. The first-order chi connectivity index (χ1) is 6.70. The second kappa shape index (κ2) is 7.40. The third-order valence-corrected chi connectivity index (χ3v) is 6.16. The molecule has 0 aromatic rings. The predicted molar refractivity (Wildman–Crippen MR) is 60.3 cm³/mol. The van der Waals surface area contributed by atoms with Gasteiger partial charge >= 0.3 is 8.80 Å². The van der Waals surface area contributed by atoms with Gasteiger partial charge in [-0.25, -0.2) is 0 Å². The van der Waals surface area contributed by atoms with E-state index in [1.165, 1.54) is 12.8 Å². The minimum atomic E-state index is -2.38. The molecule has 0 rings (SSSR count). The van der Waals surface area contributed by atoms with Gasteiger partial charge in [0.1, 0.15) is 0 Å². The van der Waals surface area contributed by atoms with E-state index in [4.69, 9.17) is 13.3 Å². The average Bonchev–Trinajstić information content (AvgIpc) is 2.25. The second-order valence-corrected chi connectivity index (χ2v) is 6.71. The van der Waals surface area contributed by atoms with Crippen LogP contribution in [0, 0.1) is 0 Å². The first kappa shape index (κ1) is 14.1. The van der Waals surface area contributed by atoms with Crippen LogP contribution in [0.4, 0.5) is 0 Å². The maximum absolute atomic E-state index is 5.48. The number of hydrogen-bond acceptors (Lipinski definition) is 3. The van der Waals surface area contributed by atoms with Crippen LogP contribution in [0.25, 0.3) is 0 Å². The molecule has 0 heterocycles. The van der Waals surface area contributed by atoms with Crippen molar-refractivity contribution in [1.29, 1.82) is 0 Å². The normalized spacial score (nSPS) is 14.4. The van der Waals surface area contributed by atoms with Crippen LogP contribution in [0.15, 0.2) is 0 Å². The maximum Gasteiger partial charge on any atom is 0.503 e. The smallest absolute Gasteiger partial charge is 0.377 e. The third kappa shape index (κ3) is 3.35. The van der Waals surface area contributed by atoms with Crippen LogP contribution < -0.4 is 0 Å². The van der Waals surface area contributed by atoms with Gasteiger partial charge in [0.25, 0.3) is 0 Å². The minimum Gasteiger partial charge on any atom is -0.377 e. The van der Waals surface area contributed by atoms with E-state index in [0.717, 1.165) is 12.8 Å². The standard InChI is InChI=1S/C10H24O3Si/c1-6-8-9-10(7-2)14(11-3,12-4)13-5/h10H,6-9H2,1-5H3. The van der Waals surface area contributed by atoms with Crippen molar-refractivity contribution in [2.45, 2.75) is 45.1 Å².